The third-order valence-electron chi connectivity index (χ3n) is 5.46. The first-order valence-corrected chi connectivity index (χ1v) is 11.7. The van der Waals surface area contributed by atoms with E-state index in [9.17, 15) is 14.7 Å². The Kier molecular flexibility index (Phi) is 6.43. The van der Waals surface area contributed by atoms with Crippen LogP contribution >= 0.6 is 11.3 Å². The number of thiazole rings is 1. The van der Waals surface area contributed by atoms with Gasteiger partial charge in [0, 0.05) is 5.69 Å². The summed E-state index contributed by atoms with van der Waals surface area (Å²) < 4.78 is 11.1. The van der Waals surface area contributed by atoms with E-state index in [1.807, 2.05) is 39.0 Å². The number of aliphatic hydroxyl groups is 1. The van der Waals surface area contributed by atoms with Gasteiger partial charge in [0.2, 0.25) is 5.78 Å². The second-order valence-corrected chi connectivity index (χ2v) is 9.46. The summed E-state index contributed by atoms with van der Waals surface area (Å²) in [5, 5.41) is 11.7. The van der Waals surface area contributed by atoms with Crippen LogP contribution in [0.2, 0.25) is 0 Å². The summed E-state index contributed by atoms with van der Waals surface area (Å²) in [7, 11) is 1.56. The highest BCUT2D eigenvalue weighted by atomic mass is 32.1. The zero-order chi connectivity index (χ0) is 24.6. The summed E-state index contributed by atoms with van der Waals surface area (Å²) in [6, 6.07) is 13.3. The van der Waals surface area contributed by atoms with Gasteiger partial charge in [0.25, 0.3) is 5.91 Å². The van der Waals surface area contributed by atoms with Crippen LogP contribution in [-0.2, 0) is 4.79 Å². The number of benzene rings is 2. The normalized spacial score (nSPS) is 15.9. The van der Waals surface area contributed by atoms with Crippen LogP contribution in [0.25, 0.3) is 0 Å². The van der Waals surface area contributed by atoms with Gasteiger partial charge in [-0.15, -0.1) is 11.3 Å². The van der Waals surface area contributed by atoms with Crippen molar-refractivity contribution in [2.45, 2.75) is 39.8 Å². The topological polar surface area (TPSA) is 89.0 Å². The number of carbonyl (C=O) groups is 2. The molecule has 0 saturated carbocycles. The number of rotatable bonds is 7. The molecule has 176 valence electrons. The summed E-state index contributed by atoms with van der Waals surface area (Å²) in [5.41, 5.74) is 1.76. The molecule has 3 aromatic rings. The molecule has 1 N–H and O–H groups in total. The molecule has 0 fully saturated rings. The van der Waals surface area contributed by atoms with E-state index in [4.69, 9.17) is 9.47 Å². The molecule has 0 spiro atoms. The first kappa shape index (κ1) is 23.5. The first-order valence-electron chi connectivity index (χ1n) is 10.9. The molecule has 1 unspecified atom stereocenters. The molecule has 0 bridgehead atoms. The smallest absolute Gasteiger partial charge is 0.294 e. The van der Waals surface area contributed by atoms with Gasteiger partial charge in [-0.3, -0.25) is 14.5 Å². The fourth-order valence-electron chi connectivity index (χ4n) is 4.06. The molecule has 0 saturated heterocycles. The van der Waals surface area contributed by atoms with Crippen LogP contribution in [0.4, 0.5) is 5.69 Å². The Morgan fingerprint density at radius 2 is 1.82 bits per heavy atom. The lowest BCUT2D eigenvalue weighted by Gasteiger charge is -2.27. The number of carbonyl (C=O) groups excluding carboxylic acids is 2. The summed E-state index contributed by atoms with van der Waals surface area (Å²) in [6.07, 6.45) is -0.0500. The number of aryl methyl sites for hydroxylation is 2. The predicted molar refractivity (Wildman–Crippen MR) is 131 cm³/mol. The summed E-state index contributed by atoms with van der Waals surface area (Å²) in [6.45, 7) is 7.41. The van der Waals surface area contributed by atoms with Crippen LogP contribution in [0.5, 0.6) is 11.5 Å². The van der Waals surface area contributed by atoms with Gasteiger partial charge >= 0.3 is 0 Å². The summed E-state index contributed by atoms with van der Waals surface area (Å²) in [5.74, 6) is -0.384. The van der Waals surface area contributed by atoms with Crippen molar-refractivity contribution in [3.8, 4) is 11.5 Å². The van der Waals surface area contributed by atoms with E-state index in [0.29, 0.717) is 33.3 Å². The van der Waals surface area contributed by atoms with Crippen molar-refractivity contribution in [1.82, 2.24) is 4.98 Å². The van der Waals surface area contributed by atoms with Crippen LogP contribution in [0.3, 0.4) is 0 Å². The average molecular weight is 479 g/mol. The van der Waals surface area contributed by atoms with Crippen molar-refractivity contribution in [3.05, 3.63) is 81.0 Å². The molecule has 2 heterocycles. The molecule has 2 aromatic carbocycles. The van der Waals surface area contributed by atoms with E-state index in [1.54, 1.807) is 44.4 Å². The number of ketones is 1. The summed E-state index contributed by atoms with van der Waals surface area (Å²) in [4.78, 5) is 33.2. The molecule has 4 rings (SSSR count). The fourth-order valence-corrected chi connectivity index (χ4v) is 4.93. The lowest BCUT2D eigenvalue weighted by Crippen LogP contribution is -2.31. The molecule has 1 amide bonds. The Labute approximate surface area is 202 Å². The van der Waals surface area contributed by atoms with E-state index < -0.39 is 23.5 Å². The molecule has 1 aromatic heterocycles. The van der Waals surface area contributed by atoms with Crippen molar-refractivity contribution in [1.29, 1.82) is 0 Å². The quantitative estimate of drug-likeness (QED) is 0.461. The minimum absolute atomic E-state index is 0.0225. The Morgan fingerprint density at radius 3 is 2.41 bits per heavy atom. The van der Waals surface area contributed by atoms with Crippen molar-refractivity contribution in [3.63, 3.8) is 0 Å². The van der Waals surface area contributed by atoms with Crippen molar-refractivity contribution in [2.75, 3.05) is 12.0 Å². The maximum absolute atomic E-state index is 13.7. The number of ether oxygens (including phenoxy) is 2. The number of aromatic nitrogens is 1. The van der Waals surface area contributed by atoms with Crippen molar-refractivity contribution in [2.24, 2.45) is 0 Å². The second-order valence-electron chi connectivity index (χ2n) is 8.25. The molecule has 1 aliphatic heterocycles. The van der Waals surface area contributed by atoms with Gasteiger partial charge < -0.3 is 14.6 Å². The molecule has 1 atom stereocenters. The lowest BCUT2D eigenvalue weighted by atomic mass is 9.94. The minimum atomic E-state index is -0.842. The number of Topliss-reactive ketones (excluding diaryl/α,β-unsaturated/α-hetero) is 1. The largest absolute Gasteiger partial charge is 0.503 e. The van der Waals surface area contributed by atoms with Crippen LogP contribution in [0.15, 0.2) is 59.9 Å². The molecule has 34 heavy (non-hydrogen) atoms. The van der Waals surface area contributed by atoms with Crippen LogP contribution in [0, 0.1) is 13.8 Å². The zero-order valence-corrected chi connectivity index (χ0v) is 20.5. The van der Waals surface area contributed by atoms with E-state index in [0.717, 1.165) is 5.01 Å². The van der Waals surface area contributed by atoms with Gasteiger partial charge in [-0.2, -0.15) is 0 Å². The average Bonchev–Trinajstić information content (AvgIpc) is 3.28. The number of amides is 1. The van der Waals surface area contributed by atoms with Gasteiger partial charge in [-0.05, 0) is 69.7 Å². The molecule has 8 heteroatoms. The van der Waals surface area contributed by atoms with Crippen LogP contribution < -0.4 is 14.4 Å². The maximum atomic E-state index is 13.7. The fraction of sp³-hybridized carbons (Fsp3) is 0.269. The monoisotopic (exact) mass is 478 g/mol. The number of nitrogens with zero attached hydrogens (tertiary/aromatic N) is 2. The summed E-state index contributed by atoms with van der Waals surface area (Å²) >= 11 is 1.25. The van der Waals surface area contributed by atoms with E-state index in [2.05, 4.69) is 4.98 Å². The number of hydrogen-bond donors (Lipinski definition) is 1. The SMILES string of the molecule is COc1ccc(N2C(=O)C(O)=C(C(=O)c3sc(C)nc3C)C2c2cccc(OC(C)C)c2)cc1. The third kappa shape index (κ3) is 4.28. The molecule has 0 aliphatic carbocycles. The number of anilines is 1. The van der Waals surface area contributed by atoms with E-state index in [1.165, 1.54) is 16.2 Å². The first-order chi connectivity index (χ1) is 16.2. The highest BCUT2D eigenvalue weighted by Crippen LogP contribution is 2.43. The van der Waals surface area contributed by atoms with E-state index >= 15 is 0 Å². The minimum Gasteiger partial charge on any atom is -0.503 e. The Morgan fingerprint density at radius 1 is 1.12 bits per heavy atom. The van der Waals surface area contributed by atoms with Crippen LogP contribution in [0.1, 0.15) is 45.8 Å². The molecule has 0 radical (unpaired) electrons. The highest BCUT2D eigenvalue weighted by molar-refractivity contribution is 7.14. The highest BCUT2D eigenvalue weighted by Gasteiger charge is 2.45. The Bertz CT molecular complexity index is 1280. The van der Waals surface area contributed by atoms with E-state index in [-0.39, 0.29) is 11.7 Å². The zero-order valence-electron chi connectivity index (χ0n) is 19.7. The standard InChI is InChI=1S/C26H26N2O5S/c1-14(2)33-20-8-6-7-17(13-20)22-21(23(29)25-15(3)27-16(4)34-25)24(30)26(31)28(22)18-9-11-19(32-5)12-10-18/h6-14,22,30H,1-5H3. The lowest BCUT2D eigenvalue weighted by molar-refractivity contribution is -0.117. The predicted octanol–water partition coefficient (Wildman–Crippen LogP) is 5.34. The number of methoxy groups -OCH3 is 1. The Balaban J connectivity index is 1.87. The third-order valence-corrected chi connectivity index (χ3v) is 6.53. The van der Waals surface area contributed by atoms with Gasteiger partial charge in [-0.1, -0.05) is 12.1 Å². The number of hydrogen-bond acceptors (Lipinski definition) is 7. The molecular weight excluding hydrogens is 452 g/mol. The van der Waals surface area contributed by atoms with Gasteiger partial charge in [0.15, 0.2) is 5.76 Å². The van der Waals surface area contributed by atoms with Crippen LogP contribution in [-0.4, -0.2) is 35.0 Å². The molecule has 1 aliphatic rings. The van der Waals surface area contributed by atoms with Crippen molar-refractivity contribution < 1.29 is 24.2 Å². The Hall–Kier alpha value is -3.65. The van der Waals surface area contributed by atoms with Gasteiger partial charge in [0.05, 0.1) is 40.4 Å². The second kappa shape index (κ2) is 9.30. The molecular formula is C26H26N2O5S. The number of aliphatic hydroxyl groups excluding tert-OH is 1. The maximum Gasteiger partial charge on any atom is 0.294 e. The van der Waals surface area contributed by atoms with Gasteiger partial charge in [-0.25, -0.2) is 4.98 Å². The molecule has 7 nitrogen and oxygen atoms in total. The van der Waals surface area contributed by atoms with Crippen molar-refractivity contribution >= 4 is 28.7 Å². The van der Waals surface area contributed by atoms with Gasteiger partial charge in [0.1, 0.15) is 11.5 Å².